The van der Waals surface area contributed by atoms with Gasteiger partial charge in [0.2, 0.25) is 10.0 Å². The molecule has 0 bridgehead atoms. The van der Waals surface area contributed by atoms with E-state index >= 15 is 0 Å². The number of hydrogen-bond acceptors (Lipinski definition) is 5. The van der Waals surface area contributed by atoms with Gasteiger partial charge in [-0.2, -0.15) is 9.40 Å². The fourth-order valence-electron chi connectivity index (χ4n) is 3.61. The lowest BCUT2D eigenvalue weighted by atomic mass is 9.71. The third-order valence-corrected chi connectivity index (χ3v) is 6.78. The number of carbonyl (C=O) groups is 1. The number of hydrogen-bond donors (Lipinski definition) is 2. The van der Waals surface area contributed by atoms with E-state index in [0.717, 1.165) is 13.0 Å². The lowest BCUT2D eigenvalue weighted by Gasteiger charge is -2.47. The van der Waals surface area contributed by atoms with Crippen molar-refractivity contribution in [3.05, 3.63) is 12.4 Å². The van der Waals surface area contributed by atoms with Crippen LogP contribution in [0.15, 0.2) is 17.3 Å². The molecule has 23 heavy (non-hydrogen) atoms. The van der Waals surface area contributed by atoms with Crippen molar-refractivity contribution in [3.8, 4) is 0 Å². The molecule has 9 heteroatoms. The Kier molecular flexibility index (Phi) is 4.19. The summed E-state index contributed by atoms with van der Waals surface area (Å²) < 4.78 is 28.5. The van der Waals surface area contributed by atoms with Crippen LogP contribution in [0, 0.1) is 5.41 Å². The van der Waals surface area contributed by atoms with Crippen molar-refractivity contribution in [1.29, 1.82) is 0 Å². The van der Waals surface area contributed by atoms with Crippen molar-refractivity contribution in [1.82, 2.24) is 19.4 Å². The van der Waals surface area contributed by atoms with Crippen molar-refractivity contribution in [2.75, 3.05) is 19.6 Å². The first-order valence-electron chi connectivity index (χ1n) is 7.89. The summed E-state index contributed by atoms with van der Waals surface area (Å²) >= 11 is 0. The monoisotopic (exact) mass is 342 g/mol. The van der Waals surface area contributed by atoms with Crippen LogP contribution in [0.25, 0.3) is 0 Å². The second-order valence-electron chi connectivity index (χ2n) is 6.23. The Morgan fingerprint density at radius 3 is 3.00 bits per heavy atom. The van der Waals surface area contributed by atoms with Gasteiger partial charge >= 0.3 is 5.97 Å². The maximum Gasteiger partial charge on any atom is 0.312 e. The van der Waals surface area contributed by atoms with Crippen molar-refractivity contribution in [3.63, 3.8) is 0 Å². The van der Waals surface area contributed by atoms with E-state index in [2.05, 4.69) is 10.4 Å². The molecule has 3 heterocycles. The molecule has 1 aromatic heterocycles. The number of nitrogens with one attached hydrogen (secondary N) is 1. The van der Waals surface area contributed by atoms with Gasteiger partial charge in [-0.1, -0.05) is 0 Å². The Balaban J connectivity index is 1.90. The minimum atomic E-state index is -3.71. The van der Waals surface area contributed by atoms with E-state index in [-0.39, 0.29) is 17.5 Å². The zero-order chi connectivity index (χ0) is 16.7. The molecule has 0 amide bonds. The van der Waals surface area contributed by atoms with Crippen molar-refractivity contribution < 1.29 is 18.3 Å². The maximum atomic E-state index is 12.8. The first-order chi connectivity index (χ1) is 10.9. The van der Waals surface area contributed by atoms with Crippen LogP contribution in [0.3, 0.4) is 0 Å². The molecule has 2 saturated heterocycles. The zero-order valence-corrected chi connectivity index (χ0v) is 13.9. The van der Waals surface area contributed by atoms with E-state index in [1.54, 1.807) is 4.68 Å². The van der Waals surface area contributed by atoms with Crippen LogP contribution in [0.4, 0.5) is 0 Å². The summed E-state index contributed by atoms with van der Waals surface area (Å²) in [6, 6.07) is -0.168. The molecular weight excluding hydrogens is 320 g/mol. The number of carboxylic acid groups (broad SMARTS) is 1. The van der Waals surface area contributed by atoms with Crippen LogP contribution in [-0.4, -0.2) is 59.3 Å². The van der Waals surface area contributed by atoms with E-state index in [0.29, 0.717) is 25.9 Å². The third-order valence-electron chi connectivity index (χ3n) is 4.98. The van der Waals surface area contributed by atoms with Crippen LogP contribution < -0.4 is 5.32 Å². The highest BCUT2D eigenvalue weighted by molar-refractivity contribution is 7.89. The zero-order valence-electron chi connectivity index (χ0n) is 13.1. The Morgan fingerprint density at radius 2 is 2.35 bits per heavy atom. The highest BCUT2D eigenvalue weighted by atomic mass is 32.2. The number of nitrogens with zero attached hydrogens (tertiary/aromatic N) is 3. The van der Waals surface area contributed by atoms with Crippen LogP contribution in [0.5, 0.6) is 0 Å². The van der Waals surface area contributed by atoms with Gasteiger partial charge in [-0.05, 0) is 32.7 Å². The normalized spacial score (nSPS) is 29.2. The number of carboxylic acids is 1. The van der Waals surface area contributed by atoms with E-state index in [1.807, 2.05) is 6.92 Å². The highest BCUT2D eigenvalue weighted by Crippen LogP contribution is 2.39. The number of rotatable bonds is 4. The summed E-state index contributed by atoms with van der Waals surface area (Å²) in [6.07, 6.45) is 4.57. The summed E-state index contributed by atoms with van der Waals surface area (Å²) in [5.74, 6) is -0.918. The van der Waals surface area contributed by atoms with Crippen LogP contribution in [-0.2, 0) is 21.4 Å². The van der Waals surface area contributed by atoms with Crippen LogP contribution >= 0.6 is 0 Å². The van der Waals surface area contributed by atoms with E-state index in [1.165, 1.54) is 16.7 Å². The van der Waals surface area contributed by atoms with Gasteiger partial charge in [0.1, 0.15) is 4.90 Å². The van der Waals surface area contributed by atoms with Crippen molar-refractivity contribution in [2.45, 2.75) is 43.7 Å². The molecule has 0 aliphatic carbocycles. The molecule has 0 radical (unpaired) electrons. The number of aromatic nitrogens is 2. The summed E-state index contributed by atoms with van der Waals surface area (Å²) in [5.41, 5.74) is -1.04. The van der Waals surface area contributed by atoms with Crippen LogP contribution in [0.1, 0.15) is 26.2 Å². The average molecular weight is 342 g/mol. The van der Waals surface area contributed by atoms with Gasteiger partial charge in [0.05, 0.1) is 11.6 Å². The topological polar surface area (TPSA) is 105 Å². The molecule has 1 aromatic rings. The molecular formula is C14H22N4O4S. The molecule has 0 saturated carbocycles. The molecule has 2 aliphatic heterocycles. The van der Waals surface area contributed by atoms with Gasteiger partial charge < -0.3 is 10.4 Å². The predicted octanol–water partition coefficient (Wildman–Crippen LogP) is 0.120. The fourth-order valence-corrected chi connectivity index (χ4v) is 5.09. The molecule has 2 fully saturated rings. The number of piperidine rings is 2. The Morgan fingerprint density at radius 1 is 1.57 bits per heavy atom. The molecule has 3 rings (SSSR count). The largest absolute Gasteiger partial charge is 0.481 e. The number of sulfonamides is 1. The van der Waals surface area contributed by atoms with E-state index in [9.17, 15) is 18.3 Å². The summed E-state index contributed by atoms with van der Waals surface area (Å²) in [7, 11) is -3.71. The molecule has 0 unspecified atom stereocenters. The van der Waals surface area contributed by atoms with Crippen molar-refractivity contribution in [2.24, 2.45) is 5.41 Å². The Bertz CT molecular complexity index is 701. The van der Waals surface area contributed by atoms with Gasteiger partial charge in [0, 0.05) is 31.9 Å². The summed E-state index contributed by atoms with van der Waals surface area (Å²) in [6.45, 7) is 3.59. The van der Waals surface area contributed by atoms with Gasteiger partial charge in [-0.15, -0.1) is 0 Å². The molecule has 2 aliphatic rings. The molecule has 128 valence electrons. The average Bonchev–Trinajstić information content (AvgIpc) is 3.04. The number of aryl methyl sites for hydroxylation is 1. The Hall–Kier alpha value is -1.45. The molecule has 2 N–H and O–H groups in total. The van der Waals surface area contributed by atoms with E-state index in [4.69, 9.17) is 0 Å². The lowest BCUT2D eigenvalue weighted by molar-refractivity contribution is -0.155. The number of fused-ring (bicyclic) bond motifs is 1. The lowest BCUT2D eigenvalue weighted by Crippen LogP contribution is -2.63. The van der Waals surface area contributed by atoms with Gasteiger partial charge in [-0.25, -0.2) is 8.42 Å². The second-order valence-corrected chi connectivity index (χ2v) is 8.17. The molecule has 2 atom stereocenters. The summed E-state index contributed by atoms with van der Waals surface area (Å²) in [5, 5.41) is 17.0. The smallest absolute Gasteiger partial charge is 0.312 e. The third kappa shape index (κ3) is 2.66. The predicted molar refractivity (Wildman–Crippen MR) is 82.4 cm³/mol. The molecule has 0 aromatic carbocycles. The first kappa shape index (κ1) is 16.4. The standard InChI is InChI=1S/C14H22N4O4S/c1-2-17-9-11(8-16-17)23(21,22)18-7-4-12-14(10-18,13(19)20)5-3-6-15-12/h8-9,12,15H,2-7,10H2,1H3,(H,19,20)/t12-,14+/m0/s1. The molecule has 8 nitrogen and oxygen atoms in total. The quantitative estimate of drug-likeness (QED) is 0.805. The second kappa shape index (κ2) is 5.88. The van der Waals surface area contributed by atoms with E-state index < -0.39 is 21.4 Å². The maximum absolute atomic E-state index is 12.8. The minimum Gasteiger partial charge on any atom is -0.481 e. The van der Waals surface area contributed by atoms with Gasteiger partial charge in [0.15, 0.2) is 0 Å². The first-order valence-corrected chi connectivity index (χ1v) is 9.33. The minimum absolute atomic E-state index is 0.0135. The van der Waals surface area contributed by atoms with Crippen LogP contribution in [0.2, 0.25) is 0 Å². The van der Waals surface area contributed by atoms with Gasteiger partial charge in [0.25, 0.3) is 0 Å². The summed E-state index contributed by atoms with van der Waals surface area (Å²) in [4.78, 5) is 12.0. The number of aliphatic carboxylic acids is 1. The highest BCUT2D eigenvalue weighted by Gasteiger charge is 2.52. The van der Waals surface area contributed by atoms with Crippen molar-refractivity contribution >= 4 is 16.0 Å². The van der Waals surface area contributed by atoms with Gasteiger partial charge in [-0.3, -0.25) is 9.48 Å². The molecule has 0 spiro atoms. The fraction of sp³-hybridized carbons (Fsp3) is 0.714. The SMILES string of the molecule is CCn1cc(S(=O)(=O)N2CC[C@@H]3NCCC[C@@]3(C(=O)O)C2)cn1. The Labute approximate surface area is 135 Å².